The topological polar surface area (TPSA) is 102 Å². The maximum Gasteiger partial charge on any atom is 0.255 e. The SMILES string of the molecule is CC(C)(C)C(=O)Nc1cccc(C(=O)N2CSCC2C(=O)Nc2ccc(C#N)cc2)c1. The summed E-state index contributed by atoms with van der Waals surface area (Å²) in [6.45, 7) is 5.45. The first kappa shape index (κ1) is 22.4. The zero-order chi connectivity index (χ0) is 22.6. The molecule has 3 rings (SSSR count). The minimum atomic E-state index is -0.610. The molecule has 0 aromatic heterocycles. The van der Waals surface area contributed by atoms with Crippen molar-refractivity contribution in [2.24, 2.45) is 5.41 Å². The van der Waals surface area contributed by atoms with Crippen LogP contribution in [0.4, 0.5) is 11.4 Å². The number of hydrogen-bond acceptors (Lipinski definition) is 5. The molecule has 0 saturated carbocycles. The maximum atomic E-state index is 13.1. The van der Waals surface area contributed by atoms with Crippen LogP contribution in [0.2, 0.25) is 0 Å². The first-order valence-corrected chi connectivity index (χ1v) is 11.0. The third-order valence-corrected chi connectivity index (χ3v) is 5.79. The molecule has 1 atom stereocenters. The van der Waals surface area contributed by atoms with Crippen molar-refractivity contribution in [3.05, 3.63) is 59.7 Å². The molecule has 1 fully saturated rings. The molecule has 2 aromatic carbocycles. The molecular formula is C23H24N4O3S. The Balaban J connectivity index is 1.72. The lowest BCUT2D eigenvalue weighted by atomic mass is 9.95. The number of nitriles is 1. The number of thioether (sulfide) groups is 1. The summed E-state index contributed by atoms with van der Waals surface area (Å²) < 4.78 is 0. The van der Waals surface area contributed by atoms with Crippen LogP contribution in [0.1, 0.15) is 36.7 Å². The number of hydrogen-bond donors (Lipinski definition) is 2. The van der Waals surface area contributed by atoms with E-state index in [9.17, 15) is 14.4 Å². The lowest BCUT2D eigenvalue weighted by Crippen LogP contribution is -2.44. The van der Waals surface area contributed by atoms with Gasteiger partial charge in [-0.05, 0) is 42.5 Å². The molecule has 1 heterocycles. The van der Waals surface area contributed by atoms with Gasteiger partial charge in [-0.15, -0.1) is 11.8 Å². The fraction of sp³-hybridized carbons (Fsp3) is 0.304. The number of carbonyl (C=O) groups excluding carboxylic acids is 3. The normalized spacial score (nSPS) is 15.8. The van der Waals surface area contributed by atoms with Crippen LogP contribution in [-0.4, -0.2) is 40.3 Å². The Morgan fingerprint density at radius 2 is 1.77 bits per heavy atom. The number of benzene rings is 2. The lowest BCUT2D eigenvalue weighted by molar-refractivity contribution is -0.123. The van der Waals surface area contributed by atoms with Crippen molar-refractivity contribution in [2.45, 2.75) is 26.8 Å². The standard InChI is InChI=1S/C23H24N4O3S/c1-23(2,3)22(30)26-18-6-4-5-16(11-18)21(29)27-14-31-13-19(27)20(28)25-17-9-7-15(12-24)8-10-17/h4-11,19H,13-14H2,1-3H3,(H,25,28)(H,26,30). The van der Waals surface area contributed by atoms with Gasteiger partial charge in [0.05, 0.1) is 17.5 Å². The quantitative estimate of drug-likeness (QED) is 0.761. The van der Waals surface area contributed by atoms with Crippen molar-refractivity contribution >= 4 is 40.9 Å². The number of nitrogens with zero attached hydrogens (tertiary/aromatic N) is 2. The molecular weight excluding hydrogens is 412 g/mol. The second kappa shape index (κ2) is 9.23. The van der Waals surface area contributed by atoms with Crippen molar-refractivity contribution in [2.75, 3.05) is 22.3 Å². The third-order valence-electron chi connectivity index (χ3n) is 4.78. The van der Waals surface area contributed by atoms with E-state index in [1.807, 2.05) is 26.8 Å². The molecule has 0 radical (unpaired) electrons. The molecule has 160 valence electrons. The van der Waals surface area contributed by atoms with E-state index in [2.05, 4.69) is 10.6 Å². The van der Waals surface area contributed by atoms with Crippen molar-refractivity contribution in [3.63, 3.8) is 0 Å². The number of rotatable bonds is 4. The van der Waals surface area contributed by atoms with Crippen LogP contribution < -0.4 is 10.6 Å². The molecule has 2 aromatic rings. The second-order valence-electron chi connectivity index (χ2n) is 8.25. The summed E-state index contributed by atoms with van der Waals surface area (Å²) in [5, 5.41) is 14.5. The fourth-order valence-corrected chi connectivity index (χ4v) is 4.08. The minimum Gasteiger partial charge on any atom is -0.326 e. The smallest absolute Gasteiger partial charge is 0.255 e. The van der Waals surface area contributed by atoms with E-state index in [0.29, 0.717) is 34.1 Å². The zero-order valence-electron chi connectivity index (χ0n) is 17.6. The van der Waals surface area contributed by atoms with E-state index in [0.717, 1.165) is 0 Å². The summed E-state index contributed by atoms with van der Waals surface area (Å²) in [4.78, 5) is 39.7. The van der Waals surface area contributed by atoms with E-state index in [1.54, 1.807) is 48.5 Å². The van der Waals surface area contributed by atoms with E-state index in [4.69, 9.17) is 5.26 Å². The summed E-state index contributed by atoms with van der Waals surface area (Å²) in [5.74, 6) is 0.211. The van der Waals surface area contributed by atoms with Crippen molar-refractivity contribution < 1.29 is 14.4 Å². The lowest BCUT2D eigenvalue weighted by Gasteiger charge is -2.23. The molecule has 1 unspecified atom stereocenters. The van der Waals surface area contributed by atoms with Gasteiger partial charge in [-0.25, -0.2) is 0 Å². The van der Waals surface area contributed by atoms with Gasteiger partial charge in [-0.1, -0.05) is 26.8 Å². The molecule has 8 heteroatoms. The summed E-state index contributed by atoms with van der Waals surface area (Å²) in [7, 11) is 0. The Hall–Kier alpha value is -3.31. The van der Waals surface area contributed by atoms with Crippen molar-refractivity contribution in [1.82, 2.24) is 4.90 Å². The van der Waals surface area contributed by atoms with Gasteiger partial charge in [0.2, 0.25) is 11.8 Å². The van der Waals surface area contributed by atoms with Gasteiger partial charge in [-0.3, -0.25) is 14.4 Å². The average Bonchev–Trinajstić information content (AvgIpc) is 3.23. The largest absolute Gasteiger partial charge is 0.326 e. The molecule has 31 heavy (non-hydrogen) atoms. The van der Waals surface area contributed by atoms with Gasteiger partial charge in [-0.2, -0.15) is 5.26 Å². The van der Waals surface area contributed by atoms with E-state index >= 15 is 0 Å². The molecule has 0 spiro atoms. The minimum absolute atomic E-state index is 0.145. The molecule has 1 saturated heterocycles. The maximum absolute atomic E-state index is 13.1. The zero-order valence-corrected chi connectivity index (χ0v) is 18.5. The summed E-state index contributed by atoms with van der Waals surface area (Å²) in [5.41, 5.74) is 1.46. The van der Waals surface area contributed by atoms with Crippen LogP contribution in [0.5, 0.6) is 0 Å². The fourth-order valence-electron chi connectivity index (χ4n) is 2.93. The number of anilines is 2. The predicted molar refractivity (Wildman–Crippen MR) is 122 cm³/mol. The highest BCUT2D eigenvalue weighted by Gasteiger charge is 2.35. The summed E-state index contributed by atoms with van der Waals surface area (Å²) >= 11 is 1.51. The Labute approximate surface area is 185 Å². The van der Waals surface area contributed by atoms with E-state index < -0.39 is 11.5 Å². The average molecular weight is 437 g/mol. The highest BCUT2D eigenvalue weighted by atomic mass is 32.2. The molecule has 0 bridgehead atoms. The van der Waals surface area contributed by atoms with Crippen LogP contribution in [0.25, 0.3) is 0 Å². The first-order chi connectivity index (χ1) is 14.7. The Morgan fingerprint density at radius 3 is 2.42 bits per heavy atom. The monoisotopic (exact) mass is 436 g/mol. The molecule has 7 nitrogen and oxygen atoms in total. The number of carbonyl (C=O) groups is 3. The molecule has 1 aliphatic heterocycles. The highest BCUT2D eigenvalue weighted by molar-refractivity contribution is 7.99. The van der Waals surface area contributed by atoms with Gasteiger partial charge in [0.25, 0.3) is 5.91 Å². The van der Waals surface area contributed by atoms with Gasteiger partial charge >= 0.3 is 0 Å². The Kier molecular flexibility index (Phi) is 6.66. The molecule has 0 aliphatic carbocycles. The Morgan fingerprint density at radius 1 is 1.06 bits per heavy atom. The number of nitrogens with one attached hydrogen (secondary N) is 2. The van der Waals surface area contributed by atoms with Crippen molar-refractivity contribution in [3.8, 4) is 6.07 Å². The summed E-state index contributed by atoms with van der Waals surface area (Å²) in [6.07, 6.45) is 0. The number of amides is 3. The van der Waals surface area contributed by atoms with Gasteiger partial charge < -0.3 is 15.5 Å². The molecule has 3 amide bonds. The van der Waals surface area contributed by atoms with Crippen LogP contribution in [0, 0.1) is 16.7 Å². The van der Waals surface area contributed by atoms with Crippen LogP contribution in [0.15, 0.2) is 48.5 Å². The van der Waals surface area contributed by atoms with E-state index in [1.165, 1.54) is 16.7 Å². The van der Waals surface area contributed by atoms with Crippen LogP contribution in [-0.2, 0) is 9.59 Å². The van der Waals surface area contributed by atoms with Crippen LogP contribution in [0.3, 0.4) is 0 Å². The first-order valence-electron chi connectivity index (χ1n) is 9.80. The Bertz CT molecular complexity index is 1040. The molecule has 2 N–H and O–H groups in total. The third kappa shape index (κ3) is 5.44. The summed E-state index contributed by atoms with van der Waals surface area (Å²) in [6, 6.07) is 14.7. The van der Waals surface area contributed by atoms with Gasteiger partial charge in [0.15, 0.2) is 0 Å². The predicted octanol–water partition coefficient (Wildman–Crippen LogP) is 3.70. The van der Waals surface area contributed by atoms with Crippen LogP contribution >= 0.6 is 11.8 Å². The second-order valence-corrected chi connectivity index (χ2v) is 9.25. The van der Waals surface area contributed by atoms with E-state index in [-0.39, 0.29) is 17.7 Å². The van der Waals surface area contributed by atoms with Crippen molar-refractivity contribution in [1.29, 1.82) is 5.26 Å². The molecule has 1 aliphatic rings. The van der Waals surface area contributed by atoms with Gasteiger partial charge in [0.1, 0.15) is 6.04 Å². The van der Waals surface area contributed by atoms with Gasteiger partial charge in [0, 0.05) is 28.1 Å². The highest BCUT2D eigenvalue weighted by Crippen LogP contribution is 2.26.